The zero-order valence-electron chi connectivity index (χ0n) is 10.6. The normalized spacial score (nSPS) is 23.8. The van der Waals surface area contributed by atoms with Gasteiger partial charge in [-0.25, -0.2) is 8.78 Å². The van der Waals surface area contributed by atoms with Crippen LogP contribution >= 0.6 is 0 Å². The molecule has 1 aliphatic heterocycles. The molecule has 0 bridgehead atoms. The van der Waals surface area contributed by atoms with Crippen LogP contribution in [0.2, 0.25) is 0 Å². The van der Waals surface area contributed by atoms with Crippen molar-refractivity contribution < 1.29 is 23.5 Å². The standard InChI is InChI=1S/C12H18F2N2O3/c13-12(14,7-17)6-15-11(19)9-3-10(18)16(5-9)4-8-1-2-8/h8-9,17H,1-7H2,(H,15,19). The summed E-state index contributed by atoms with van der Waals surface area (Å²) in [6, 6.07) is 0. The van der Waals surface area contributed by atoms with Crippen molar-refractivity contribution >= 4 is 11.8 Å². The molecule has 1 unspecified atom stereocenters. The highest BCUT2D eigenvalue weighted by atomic mass is 19.3. The summed E-state index contributed by atoms with van der Waals surface area (Å²) < 4.78 is 25.6. The average molecular weight is 276 g/mol. The molecular formula is C12H18F2N2O3. The van der Waals surface area contributed by atoms with Gasteiger partial charge in [-0.2, -0.15) is 0 Å². The number of hydrogen-bond donors (Lipinski definition) is 2. The minimum absolute atomic E-state index is 0.0824. The summed E-state index contributed by atoms with van der Waals surface area (Å²) in [5.41, 5.74) is 0. The van der Waals surface area contributed by atoms with Crippen molar-refractivity contribution in [3.63, 3.8) is 0 Å². The van der Waals surface area contributed by atoms with Crippen molar-refractivity contribution in [3.05, 3.63) is 0 Å². The Labute approximate surface area is 109 Å². The van der Waals surface area contributed by atoms with E-state index in [1.807, 2.05) is 0 Å². The van der Waals surface area contributed by atoms with Crippen LogP contribution in [0.25, 0.3) is 0 Å². The minimum Gasteiger partial charge on any atom is -0.390 e. The van der Waals surface area contributed by atoms with Crippen LogP contribution in [0.1, 0.15) is 19.3 Å². The lowest BCUT2D eigenvalue weighted by Gasteiger charge is -2.17. The van der Waals surface area contributed by atoms with Gasteiger partial charge in [0, 0.05) is 19.5 Å². The predicted octanol–water partition coefficient (Wildman–Crippen LogP) is -0.0113. The van der Waals surface area contributed by atoms with Gasteiger partial charge in [-0.05, 0) is 18.8 Å². The fourth-order valence-corrected chi connectivity index (χ4v) is 2.15. The second kappa shape index (κ2) is 5.40. The van der Waals surface area contributed by atoms with Gasteiger partial charge in [0.25, 0.3) is 5.92 Å². The quantitative estimate of drug-likeness (QED) is 0.717. The number of aliphatic hydroxyl groups is 1. The maximum atomic E-state index is 12.8. The first-order valence-electron chi connectivity index (χ1n) is 6.45. The maximum Gasteiger partial charge on any atom is 0.287 e. The number of amides is 2. The van der Waals surface area contributed by atoms with Gasteiger partial charge in [0.05, 0.1) is 12.5 Å². The van der Waals surface area contributed by atoms with Crippen LogP contribution in [0.3, 0.4) is 0 Å². The molecule has 108 valence electrons. The molecule has 1 heterocycles. The van der Waals surface area contributed by atoms with E-state index in [4.69, 9.17) is 5.11 Å². The van der Waals surface area contributed by atoms with E-state index in [0.29, 0.717) is 19.0 Å². The van der Waals surface area contributed by atoms with Crippen molar-refractivity contribution in [2.45, 2.75) is 25.2 Å². The van der Waals surface area contributed by atoms with Gasteiger partial charge < -0.3 is 15.3 Å². The number of nitrogens with zero attached hydrogens (tertiary/aromatic N) is 1. The van der Waals surface area contributed by atoms with Crippen LogP contribution in [0.15, 0.2) is 0 Å². The SMILES string of the molecule is O=C(NCC(F)(F)CO)C1CC(=O)N(CC2CC2)C1. The van der Waals surface area contributed by atoms with Crippen LogP contribution in [0, 0.1) is 11.8 Å². The molecule has 0 aromatic rings. The monoisotopic (exact) mass is 276 g/mol. The minimum atomic E-state index is -3.31. The third kappa shape index (κ3) is 3.86. The first kappa shape index (κ1) is 14.2. The lowest BCUT2D eigenvalue weighted by atomic mass is 10.1. The molecule has 1 saturated heterocycles. The fraction of sp³-hybridized carbons (Fsp3) is 0.833. The Kier molecular flexibility index (Phi) is 4.03. The van der Waals surface area contributed by atoms with Crippen molar-refractivity contribution in [2.75, 3.05) is 26.2 Å². The van der Waals surface area contributed by atoms with Crippen molar-refractivity contribution in [1.82, 2.24) is 10.2 Å². The first-order valence-corrected chi connectivity index (χ1v) is 6.45. The molecule has 0 radical (unpaired) electrons. The number of hydrogen-bond acceptors (Lipinski definition) is 3. The Bertz CT molecular complexity index is 372. The lowest BCUT2D eigenvalue weighted by molar-refractivity contribution is -0.130. The molecular weight excluding hydrogens is 258 g/mol. The molecule has 2 rings (SSSR count). The Morgan fingerprint density at radius 3 is 2.74 bits per heavy atom. The highest BCUT2D eigenvalue weighted by Gasteiger charge is 2.38. The van der Waals surface area contributed by atoms with Crippen LogP contribution in [0.5, 0.6) is 0 Å². The van der Waals surface area contributed by atoms with Crippen molar-refractivity contribution in [3.8, 4) is 0 Å². The smallest absolute Gasteiger partial charge is 0.287 e. The topological polar surface area (TPSA) is 69.6 Å². The van der Waals surface area contributed by atoms with Gasteiger partial charge in [0.2, 0.25) is 11.8 Å². The molecule has 0 spiro atoms. The molecule has 1 atom stereocenters. The molecule has 0 aromatic carbocycles. The van der Waals surface area contributed by atoms with E-state index < -0.39 is 30.9 Å². The van der Waals surface area contributed by atoms with Gasteiger partial charge in [0.1, 0.15) is 6.61 Å². The number of rotatable bonds is 6. The summed E-state index contributed by atoms with van der Waals surface area (Å²) in [5.74, 6) is -3.95. The number of nitrogens with one attached hydrogen (secondary N) is 1. The van der Waals surface area contributed by atoms with Gasteiger partial charge in [-0.3, -0.25) is 9.59 Å². The number of likely N-dealkylation sites (tertiary alicyclic amines) is 1. The summed E-state index contributed by atoms with van der Waals surface area (Å²) >= 11 is 0. The van der Waals surface area contributed by atoms with E-state index in [0.717, 1.165) is 12.8 Å². The molecule has 5 nitrogen and oxygen atoms in total. The van der Waals surface area contributed by atoms with Crippen molar-refractivity contribution in [2.24, 2.45) is 11.8 Å². The van der Waals surface area contributed by atoms with E-state index >= 15 is 0 Å². The molecule has 7 heteroatoms. The highest BCUT2D eigenvalue weighted by Crippen LogP contribution is 2.32. The molecule has 2 N–H and O–H groups in total. The third-order valence-electron chi connectivity index (χ3n) is 3.51. The molecule has 1 aliphatic carbocycles. The Morgan fingerprint density at radius 1 is 1.47 bits per heavy atom. The lowest BCUT2D eigenvalue weighted by Crippen LogP contribution is -2.42. The number of aliphatic hydroxyl groups excluding tert-OH is 1. The molecule has 2 amide bonds. The van der Waals surface area contributed by atoms with E-state index in [1.54, 1.807) is 4.90 Å². The van der Waals surface area contributed by atoms with Gasteiger partial charge >= 0.3 is 0 Å². The number of halogens is 2. The van der Waals surface area contributed by atoms with E-state index in [2.05, 4.69) is 5.32 Å². The average Bonchev–Trinajstić information content (AvgIpc) is 3.10. The predicted molar refractivity (Wildman–Crippen MR) is 62.5 cm³/mol. The summed E-state index contributed by atoms with van der Waals surface area (Å²) in [6.07, 6.45) is 2.32. The van der Waals surface area contributed by atoms with Gasteiger partial charge in [-0.1, -0.05) is 0 Å². The zero-order valence-corrected chi connectivity index (χ0v) is 10.6. The molecule has 0 aromatic heterocycles. The summed E-state index contributed by atoms with van der Waals surface area (Å²) in [5, 5.41) is 10.5. The second-order valence-corrected chi connectivity index (χ2v) is 5.38. The van der Waals surface area contributed by atoms with Gasteiger partial charge in [0.15, 0.2) is 0 Å². The molecule has 19 heavy (non-hydrogen) atoms. The summed E-state index contributed by atoms with van der Waals surface area (Å²) in [7, 11) is 0. The second-order valence-electron chi connectivity index (χ2n) is 5.38. The Balaban J connectivity index is 1.78. The first-order chi connectivity index (χ1) is 8.91. The Morgan fingerprint density at radius 2 is 2.16 bits per heavy atom. The number of carbonyl (C=O) groups excluding carboxylic acids is 2. The fourth-order valence-electron chi connectivity index (χ4n) is 2.15. The number of carbonyl (C=O) groups is 2. The highest BCUT2D eigenvalue weighted by molar-refractivity contribution is 5.89. The van der Waals surface area contributed by atoms with Crippen LogP contribution < -0.4 is 5.32 Å². The van der Waals surface area contributed by atoms with Crippen LogP contribution in [-0.2, 0) is 9.59 Å². The van der Waals surface area contributed by atoms with E-state index in [9.17, 15) is 18.4 Å². The van der Waals surface area contributed by atoms with Crippen LogP contribution in [-0.4, -0.2) is 54.0 Å². The van der Waals surface area contributed by atoms with E-state index in [1.165, 1.54) is 0 Å². The largest absolute Gasteiger partial charge is 0.390 e. The Hall–Kier alpha value is -1.24. The van der Waals surface area contributed by atoms with E-state index in [-0.39, 0.29) is 12.3 Å². The zero-order chi connectivity index (χ0) is 14.0. The molecule has 2 fully saturated rings. The molecule has 1 saturated carbocycles. The maximum absolute atomic E-state index is 12.8. The van der Waals surface area contributed by atoms with Gasteiger partial charge in [-0.15, -0.1) is 0 Å². The summed E-state index contributed by atoms with van der Waals surface area (Å²) in [4.78, 5) is 25.0. The molecule has 2 aliphatic rings. The van der Waals surface area contributed by atoms with Crippen molar-refractivity contribution in [1.29, 1.82) is 0 Å². The van der Waals surface area contributed by atoms with Crippen LogP contribution in [0.4, 0.5) is 8.78 Å². The summed E-state index contributed by atoms with van der Waals surface area (Å²) in [6.45, 7) is -1.21. The number of alkyl halides is 2. The third-order valence-corrected chi connectivity index (χ3v) is 3.51.